The predicted octanol–water partition coefficient (Wildman–Crippen LogP) is 3.21. The standard InChI is InChI=1S/C18H25N3/c1-3-9-20-13-17-5-4-6-18(12-17)15-21(2)14-16-7-10-19-11-8-16/h4-8,10-12,20H,3,9,13-15H2,1-2H3. The summed E-state index contributed by atoms with van der Waals surface area (Å²) in [7, 11) is 2.16. The van der Waals surface area contributed by atoms with E-state index in [1.165, 1.54) is 23.1 Å². The summed E-state index contributed by atoms with van der Waals surface area (Å²) in [5.74, 6) is 0. The second-order valence-corrected chi connectivity index (χ2v) is 5.52. The maximum atomic E-state index is 4.06. The van der Waals surface area contributed by atoms with Crippen LogP contribution in [0.4, 0.5) is 0 Å². The van der Waals surface area contributed by atoms with Gasteiger partial charge in [-0.25, -0.2) is 0 Å². The third-order valence-electron chi connectivity index (χ3n) is 3.40. The molecule has 0 saturated heterocycles. The fourth-order valence-corrected chi connectivity index (χ4v) is 2.41. The summed E-state index contributed by atoms with van der Waals surface area (Å²) < 4.78 is 0. The molecule has 0 aliphatic carbocycles. The van der Waals surface area contributed by atoms with E-state index in [9.17, 15) is 0 Å². The van der Waals surface area contributed by atoms with Crippen molar-refractivity contribution in [2.75, 3.05) is 13.6 Å². The van der Waals surface area contributed by atoms with Gasteiger partial charge in [-0.05, 0) is 48.8 Å². The highest BCUT2D eigenvalue weighted by Gasteiger charge is 2.02. The van der Waals surface area contributed by atoms with Gasteiger partial charge in [0, 0.05) is 32.0 Å². The molecule has 0 radical (unpaired) electrons. The molecule has 21 heavy (non-hydrogen) atoms. The molecule has 3 nitrogen and oxygen atoms in total. The lowest BCUT2D eigenvalue weighted by atomic mass is 10.1. The summed E-state index contributed by atoms with van der Waals surface area (Å²) in [6.45, 7) is 6.13. The smallest absolute Gasteiger partial charge is 0.0271 e. The first-order valence-electron chi connectivity index (χ1n) is 7.64. The summed E-state index contributed by atoms with van der Waals surface area (Å²) >= 11 is 0. The highest BCUT2D eigenvalue weighted by atomic mass is 15.1. The molecule has 0 bridgehead atoms. The van der Waals surface area contributed by atoms with Gasteiger partial charge in [-0.1, -0.05) is 31.2 Å². The van der Waals surface area contributed by atoms with Gasteiger partial charge in [0.2, 0.25) is 0 Å². The summed E-state index contributed by atoms with van der Waals surface area (Å²) in [4.78, 5) is 6.39. The third-order valence-corrected chi connectivity index (χ3v) is 3.40. The molecule has 2 aromatic rings. The van der Waals surface area contributed by atoms with Gasteiger partial charge >= 0.3 is 0 Å². The van der Waals surface area contributed by atoms with E-state index in [0.717, 1.165) is 26.2 Å². The van der Waals surface area contributed by atoms with Crippen LogP contribution in [0.2, 0.25) is 0 Å². The van der Waals surface area contributed by atoms with Crippen LogP contribution in [-0.4, -0.2) is 23.5 Å². The van der Waals surface area contributed by atoms with E-state index in [4.69, 9.17) is 0 Å². The number of aromatic nitrogens is 1. The highest BCUT2D eigenvalue weighted by molar-refractivity contribution is 5.23. The van der Waals surface area contributed by atoms with Crippen molar-refractivity contribution < 1.29 is 0 Å². The molecule has 0 saturated carbocycles. The first-order chi connectivity index (χ1) is 10.3. The first-order valence-corrected chi connectivity index (χ1v) is 7.64. The molecule has 1 N–H and O–H groups in total. The normalized spacial score (nSPS) is 11.0. The minimum absolute atomic E-state index is 0.945. The molecule has 0 spiro atoms. The van der Waals surface area contributed by atoms with Crippen molar-refractivity contribution in [2.45, 2.75) is 33.0 Å². The SMILES string of the molecule is CCCNCc1cccc(CN(C)Cc2ccncc2)c1. The topological polar surface area (TPSA) is 28.2 Å². The average Bonchev–Trinajstić information content (AvgIpc) is 2.49. The lowest BCUT2D eigenvalue weighted by Crippen LogP contribution is -2.18. The number of pyridine rings is 1. The fraction of sp³-hybridized carbons (Fsp3) is 0.389. The van der Waals surface area contributed by atoms with E-state index < -0.39 is 0 Å². The maximum Gasteiger partial charge on any atom is 0.0271 e. The Labute approximate surface area is 128 Å². The Kier molecular flexibility index (Phi) is 6.38. The summed E-state index contributed by atoms with van der Waals surface area (Å²) in [5.41, 5.74) is 4.02. The van der Waals surface area contributed by atoms with Gasteiger partial charge in [0.1, 0.15) is 0 Å². The molecule has 0 fully saturated rings. The Morgan fingerprint density at radius 1 is 1.00 bits per heavy atom. The van der Waals surface area contributed by atoms with Gasteiger partial charge < -0.3 is 5.32 Å². The molecule has 0 unspecified atom stereocenters. The van der Waals surface area contributed by atoms with E-state index in [2.05, 4.69) is 65.6 Å². The molecule has 2 rings (SSSR count). The minimum Gasteiger partial charge on any atom is -0.313 e. The summed E-state index contributed by atoms with van der Waals surface area (Å²) in [6.07, 6.45) is 4.88. The lowest BCUT2D eigenvalue weighted by molar-refractivity contribution is 0.319. The van der Waals surface area contributed by atoms with E-state index in [0.29, 0.717) is 0 Å². The number of hydrogen-bond donors (Lipinski definition) is 1. The predicted molar refractivity (Wildman–Crippen MR) is 87.8 cm³/mol. The zero-order chi connectivity index (χ0) is 14.9. The van der Waals surface area contributed by atoms with Gasteiger partial charge in [-0.3, -0.25) is 9.88 Å². The van der Waals surface area contributed by atoms with Crippen molar-refractivity contribution >= 4 is 0 Å². The van der Waals surface area contributed by atoms with Crippen LogP contribution in [0.1, 0.15) is 30.0 Å². The summed E-state index contributed by atoms with van der Waals surface area (Å²) in [6, 6.07) is 13.0. The van der Waals surface area contributed by atoms with Crippen molar-refractivity contribution in [3.63, 3.8) is 0 Å². The van der Waals surface area contributed by atoms with Gasteiger partial charge in [-0.2, -0.15) is 0 Å². The van der Waals surface area contributed by atoms with Crippen molar-refractivity contribution in [1.82, 2.24) is 15.2 Å². The van der Waals surface area contributed by atoms with Crippen LogP contribution in [0.5, 0.6) is 0 Å². The van der Waals surface area contributed by atoms with Crippen LogP contribution < -0.4 is 5.32 Å². The second kappa shape index (κ2) is 8.55. The molecule has 1 heterocycles. The number of nitrogens with one attached hydrogen (secondary N) is 1. The number of nitrogens with zero attached hydrogens (tertiary/aromatic N) is 2. The molecule has 1 aromatic heterocycles. The van der Waals surface area contributed by atoms with Gasteiger partial charge in [-0.15, -0.1) is 0 Å². The molecule has 0 aliphatic heterocycles. The monoisotopic (exact) mass is 283 g/mol. The van der Waals surface area contributed by atoms with E-state index >= 15 is 0 Å². The fourth-order valence-electron chi connectivity index (χ4n) is 2.41. The lowest BCUT2D eigenvalue weighted by Gasteiger charge is -2.17. The Bertz CT molecular complexity index is 525. The number of hydrogen-bond acceptors (Lipinski definition) is 3. The van der Waals surface area contributed by atoms with E-state index in [-0.39, 0.29) is 0 Å². The van der Waals surface area contributed by atoms with Crippen molar-refractivity contribution in [3.8, 4) is 0 Å². The number of rotatable bonds is 8. The largest absolute Gasteiger partial charge is 0.313 e. The van der Waals surface area contributed by atoms with Crippen molar-refractivity contribution in [1.29, 1.82) is 0 Å². The van der Waals surface area contributed by atoms with Crippen LogP contribution in [0.15, 0.2) is 48.8 Å². The van der Waals surface area contributed by atoms with E-state index in [1.807, 2.05) is 12.4 Å². The highest BCUT2D eigenvalue weighted by Crippen LogP contribution is 2.10. The van der Waals surface area contributed by atoms with Crippen LogP contribution in [0, 0.1) is 0 Å². The maximum absolute atomic E-state index is 4.06. The third kappa shape index (κ3) is 5.66. The van der Waals surface area contributed by atoms with Crippen LogP contribution in [0.25, 0.3) is 0 Å². The van der Waals surface area contributed by atoms with Crippen molar-refractivity contribution in [3.05, 3.63) is 65.5 Å². The molecule has 0 aliphatic rings. The molecule has 0 atom stereocenters. The molecule has 3 heteroatoms. The van der Waals surface area contributed by atoms with Crippen molar-refractivity contribution in [2.24, 2.45) is 0 Å². The zero-order valence-electron chi connectivity index (χ0n) is 13.0. The van der Waals surface area contributed by atoms with Crippen LogP contribution in [-0.2, 0) is 19.6 Å². The second-order valence-electron chi connectivity index (χ2n) is 5.52. The Morgan fingerprint density at radius 3 is 2.48 bits per heavy atom. The molecule has 112 valence electrons. The molecule has 1 aromatic carbocycles. The van der Waals surface area contributed by atoms with Crippen LogP contribution >= 0.6 is 0 Å². The quantitative estimate of drug-likeness (QED) is 0.754. The zero-order valence-corrected chi connectivity index (χ0v) is 13.0. The Morgan fingerprint density at radius 2 is 1.71 bits per heavy atom. The molecule has 0 amide bonds. The molecular weight excluding hydrogens is 258 g/mol. The average molecular weight is 283 g/mol. The first kappa shape index (κ1) is 15.7. The van der Waals surface area contributed by atoms with Gasteiger partial charge in [0.15, 0.2) is 0 Å². The molecular formula is C18H25N3. The summed E-state index contributed by atoms with van der Waals surface area (Å²) in [5, 5.41) is 3.45. The van der Waals surface area contributed by atoms with Gasteiger partial charge in [0.05, 0.1) is 0 Å². The Balaban J connectivity index is 1.88. The Hall–Kier alpha value is -1.71. The van der Waals surface area contributed by atoms with Crippen LogP contribution in [0.3, 0.4) is 0 Å². The van der Waals surface area contributed by atoms with Gasteiger partial charge in [0.25, 0.3) is 0 Å². The number of benzene rings is 1. The minimum atomic E-state index is 0.945. The van der Waals surface area contributed by atoms with E-state index in [1.54, 1.807) is 0 Å².